The van der Waals surface area contributed by atoms with Crippen molar-refractivity contribution in [3.8, 4) is 0 Å². The van der Waals surface area contributed by atoms with Crippen LogP contribution in [0.5, 0.6) is 0 Å². The highest BCUT2D eigenvalue weighted by Crippen LogP contribution is 2.51. The summed E-state index contributed by atoms with van der Waals surface area (Å²) in [6.45, 7) is 4.16. The average Bonchev–Trinajstić information content (AvgIpc) is 3.24. The Morgan fingerprint density at radius 2 is 1.90 bits per heavy atom. The normalized spacial score (nSPS) is 16.4. The Kier molecular flexibility index (Phi) is 3.44. The summed E-state index contributed by atoms with van der Waals surface area (Å²) >= 11 is 2.09. The van der Waals surface area contributed by atoms with Crippen LogP contribution in [-0.2, 0) is 5.41 Å². The maximum absolute atomic E-state index is 12.2. The van der Waals surface area contributed by atoms with Crippen molar-refractivity contribution in [3.63, 3.8) is 0 Å². The zero-order valence-electron chi connectivity index (χ0n) is 11.6. The second kappa shape index (κ2) is 4.98. The predicted molar refractivity (Wildman–Crippen MR) is 88.1 cm³/mol. The summed E-state index contributed by atoms with van der Waals surface area (Å²) in [5.74, 6) is 1.09. The first kappa shape index (κ1) is 13.8. The van der Waals surface area contributed by atoms with Gasteiger partial charge in [-0.15, -0.1) is 0 Å². The molecule has 1 saturated carbocycles. The van der Waals surface area contributed by atoms with Crippen molar-refractivity contribution in [2.24, 2.45) is 0 Å². The van der Waals surface area contributed by atoms with E-state index in [4.69, 9.17) is 4.98 Å². The van der Waals surface area contributed by atoms with Crippen LogP contribution in [0.25, 0.3) is 0 Å². The van der Waals surface area contributed by atoms with Gasteiger partial charge in [-0.3, -0.25) is 4.79 Å². The van der Waals surface area contributed by atoms with Crippen LogP contribution in [-0.4, -0.2) is 9.97 Å². The van der Waals surface area contributed by atoms with Crippen LogP contribution < -0.4 is 5.56 Å². The van der Waals surface area contributed by atoms with E-state index in [1.165, 1.54) is 5.56 Å². The Balaban J connectivity index is 2.14. The first-order valence-electron chi connectivity index (χ1n) is 6.90. The van der Waals surface area contributed by atoms with Gasteiger partial charge in [0, 0.05) is 0 Å². The third kappa shape index (κ3) is 2.20. The van der Waals surface area contributed by atoms with Gasteiger partial charge in [0.15, 0.2) is 0 Å². The molecule has 1 N–H and O–H groups in total. The monoisotopic (exact) mass is 380 g/mol. The summed E-state index contributed by atoms with van der Waals surface area (Å²) < 4.78 is 0.713. The largest absolute Gasteiger partial charge is 0.309 e. The SMILES string of the molecule is CC(C)c1nc(C2(c3ccccc3)CC2)[nH]c(=O)c1I. The van der Waals surface area contributed by atoms with Gasteiger partial charge in [-0.25, -0.2) is 4.98 Å². The summed E-state index contributed by atoms with van der Waals surface area (Å²) in [4.78, 5) is 19.9. The maximum atomic E-state index is 12.2. The van der Waals surface area contributed by atoms with Crippen molar-refractivity contribution < 1.29 is 0 Å². The lowest BCUT2D eigenvalue weighted by Crippen LogP contribution is -2.24. The minimum absolute atomic E-state index is 0.0125. The van der Waals surface area contributed by atoms with Crippen LogP contribution in [0.4, 0.5) is 0 Å². The number of nitrogens with one attached hydrogen (secondary N) is 1. The predicted octanol–water partition coefficient (Wildman–Crippen LogP) is 3.58. The topological polar surface area (TPSA) is 45.8 Å². The van der Waals surface area contributed by atoms with E-state index in [2.05, 4.69) is 53.6 Å². The molecule has 3 rings (SSSR count). The van der Waals surface area contributed by atoms with Crippen LogP contribution in [0.3, 0.4) is 0 Å². The minimum Gasteiger partial charge on any atom is -0.309 e. The highest BCUT2D eigenvalue weighted by molar-refractivity contribution is 14.1. The third-order valence-electron chi connectivity index (χ3n) is 3.96. The average molecular weight is 380 g/mol. The summed E-state index contributed by atoms with van der Waals surface area (Å²) in [7, 11) is 0. The fourth-order valence-corrected chi connectivity index (χ4v) is 3.51. The molecule has 1 aliphatic carbocycles. The molecule has 20 heavy (non-hydrogen) atoms. The van der Waals surface area contributed by atoms with Crippen molar-refractivity contribution in [1.82, 2.24) is 9.97 Å². The standard InChI is InChI=1S/C16H17IN2O/c1-10(2)13-12(17)14(20)19-15(18-13)16(8-9-16)11-6-4-3-5-7-11/h3-7,10H,8-9H2,1-2H3,(H,18,19,20). The van der Waals surface area contributed by atoms with Crippen molar-refractivity contribution in [1.29, 1.82) is 0 Å². The van der Waals surface area contributed by atoms with Crippen molar-refractivity contribution in [2.75, 3.05) is 0 Å². The fraction of sp³-hybridized carbons (Fsp3) is 0.375. The molecule has 4 heteroatoms. The Bertz CT molecular complexity index is 687. The number of aromatic amines is 1. The number of nitrogens with zero attached hydrogens (tertiary/aromatic N) is 1. The molecule has 0 aliphatic heterocycles. The van der Waals surface area contributed by atoms with Gasteiger partial charge in [-0.1, -0.05) is 44.2 Å². The van der Waals surface area contributed by atoms with Crippen LogP contribution in [0.15, 0.2) is 35.1 Å². The zero-order chi connectivity index (χ0) is 14.3. The van der Waals surface area contributed by atoms with Gasteiger partial charge < -0.3 is 4.98 Å². The highest BCUT2D eigenvalue weighted by atomic mass is 127. The maximum Gasteiger partial charge on any atom is 0.264 e. The van der Waals surface area contributed by atoms with Crippen molar-refractivity contribution in [3.05, 3.63) is 61.3 Å². The minimum atomic E-state index is -0.0750. The summed E-state index contributed by atoms with van der Waals surface area (Å²) in [6, 6.07) is 10.4. The first-order chi connectivity index (χ1) is 9.54. The van der Waals surface area contributed by atoms with E-state index in [1.54, 1.807) is 0 Å². The molecule has 0 radical (unpaired) electrons. The van der Waals surface area contributed by atoms with Gasteiger partial charge in [-0.05, 0) is 46.9 Å². The lowest BCUT2D eigenvalue weighted by molar-refractivity contribution is 0.703. The molecule has 3 nitrogen and oxygen atoms in total. The second-order valence-corrected chi connectivity index (χ2v) is 6.80. The molecule has 1 aromatic heterocycles. The quantitative estimate of drug-likeness (QED) is 0.828. The summed E-state index contributed by atoms with van der Waals surface area (Å²) in [6.07, 6.45) is 2.11. The lowest BCUT2D eigenvalue weighted by atomic mass is 9.95. The Morgan fingerprint density at radius 1 is 1.25 bits per heavy atom. The smallest absolute Gasteiger partial charge is 0.264 e. The number of hydrogen-bond acceptors (Lipinski definition) is 2. The van der Waals surface area contributed by atoms with Crippen LogP contribution in [0, 0.1) is 3.57 Å². The van der Waals surface area contributed by atoms with E-state index < -0.39 is 0 Å². The molecule has 1 aromatic carbocycles. The van der Waals surface area contributed by atoms with Gasteiger partial charge in [0.25, 0.3) is 5.56 Å². The molecule has 1 heterocycles. The molecule has 0 bridgehead atoms. The number of aromatic nitrogens is 2. The molecular weight excluding hydrogens is 363 g/mol. The molecule has 104 valence electrons. The molecule has 1 fully saturated rings. The fourth-order valence-electron chi connectivity index (χ4n) is 2.63. The van der Waals surface area contributed by atoms with Crippen LogP contribution in [0.2, 0.25) is 0 Å². The Labute approximate surface area is 132 Å². The summed E-state index contributed by atoms with van der Waals surface area (Å²) in [5, 5.41) is 0. The van der Waals surface area contributed by atoms with E-state index >= 15 is 0 Å². The Hall–Kier alpha value is -1.17. The van der Waals surface area contributed by atoms with Crippen LogP contribution in [0.1, 0.15) is 49.7 Å². The highest BCUT2D eigenvalue weighted by Gasteiger charge is 2.48. The van der Waals surface area contributed by atoms with Gasteiger partial charge in [0.2, 0.25) is 0 Å². The first-order valence-corrected chi connectivity index (χ1v) is 7.98. The van der Waals surface area contributed by atoms with Crippen LogP contribution >= 0.6 is 22.6 Å². The van der Waals surface area contributed by atoms with Gasteiger partial charge in [0.05, 0.1) is 14.7 Å². The zero-order valence-corrected chi connectivity index (χ0v) is 13.8. The van der Waals surface area contributed by atoms with Crippen molar-refractivity contribution in [2.45, 2.75) is 38.0 Å². The molecule has 0 atom stereocenters. The van der Waals surface area contributed by atoms with E-state index in [-0.39, 0.29) is 16.9 Å². The number of hydrogen-bond donors (Lipinski definition) is 1. The molecule has 2 aromatic rings. The Morgan fingerprint density at radius 3 is 2.45 bits per heavy atom. The number of benzene rings is 1. The van der Waals surface area contributed by atoms with E-state index in [0.717, 1.165) is 24.4 Å². The third-order valence-corrected chi connectivity index (χ3v) is 5.01. The summed E-state index contributed by atoms with van der Waals surface area (Å²) in [5.41, 5.74) is 2.07. The molecule has 1 aliphatic rings. The molecular formula is C16H17IN2O. The van der Waals surface area contributed by atoms with E-state index in [9.17, 15) is 4.79 Å². The van der Waals surface area contributed by atoms with Gasteiger partial charge in [-0.2, -0.15) is 0 Å². The van der Waals surface area contributed by atoms with E-state index in [0.29, 0.717) is 3.57 Å². The number of rotatable bonds is 3. The molecule has 0 amide bonds. The number of H-pyrrole nitrogens is 1. The van der Waals surface area contributed by atoms with Gasteiger partial charge in [0.1, 0.15) is 5.82 Å². The van der Waals surface area contributed by atoms with Gasteiger partial charge >= 0.3 is 0 Å². The second-order valence-electron chi connectivity index (χ2n) is 5.72. The molecule has 0 unspecified atom stereocenters. The van der Waals surface area contributed by atoms with E-state index in [1.807, 2.05) is 18.2 Å². The lowest BCUT2D eigenvalue weighted by Gasteiger charge is -2.17. The van der Waals surface area contributed by atoms with Crippen molar-refractivity contribution >= 4 is 22.6 Å². The number of halogens is 1. The molecule has 0 saturated heterocycles. The molecule has 0 spiro atoms.